The van der Waals surface area contributed by atoms with Crippen molar-refractivity contribution >= 4 is 0 Å². The number of hydrogen-bond donors (Lipinski definition) is 0. The van der Waals surface area contributed by atoms with Crippen LogP contribution in [0, 0.1) is 6.92 Å². The zero-order valence-electron chi connectivity index (χ0n) is 5.07. The smallest absolute Gasteiger partial charge is 0.268 e. The van der Waals surface area contributed by atoms with Crippen molar-refractivity contribution in [1.82, 2.24) is 0 Å². The Hall–Kier alpha value is -0.440. The minimum atomic E-state index is -1.70. The van der Waals surface area contributed by atoms with Gasteiger partial charge in [0.25, 0.3) is 6.08 Å². The first kappa shape index (κ1) is 8.56. The highest BCUT2D eigenvalue weighted by atomic mass is 19.3. The van der Waals surface area contributed by atoms with Crippen molar-refractivity contribution < 1.29 is 13.5 Å². The Bertz CT molecular complexity index is 87.1. The van der Waals surface area contributed by atoms with Crippen molar-refractivity contribution in [3.8, 4) is 0 Å². The van der Waals surface area contributed by atoms with E-state index >= 15 is 0 Å². The van der Waals surface area contributed by atoms with Gasteiger partial charge in [0.1, 0.15) is 0 Å². The van der Waals surface area contributed by atoms with Crippen LogP contribution in [0.1, 0.15) is 6.42 Å². The summed E-state index contributed by atoms with van der Waals surface area (Å²) in [5.41, 5.74) is 0. The molecule has 0 atom stereocenters. The van der Waals surface area contributed by atoms with Gasteiger partial charge in [0, 0.05) is 12.7 Å². The SMILES string of the molecule is [CH2]CCOCC=C(F)F. The van der Waals surface area contributed by atoms with Gasteiger partial charge < -0.3 is 4.74 Å². The van der Waals surface area contributed by atoms with E-state index in [0.717, 1.165) is 6.08 Å². The summed E-state index contributed by atoms with van der Waals surface area (Å²) in [4.78, 5) is 0. The van der Waals surface area contributed by atoms with Crippen LogP contribution in [0.25, 0.3) is 0 Å². The standard InChI is InChI=1S/C6H9F2O/c1-2-4-9-5-3-6(7)8/h3H,1-2,4-5H2. The zero-order valence-corrected chi connectivity index (χ0v) is 5.07. The Labute approximate surface area is 53.3 Å². The van der Waals surface area contributed by atoms with Gasteiger partial charge in [-0.05, 0) is 6.42 Å². The molecule has 0 aliphatic rings. The molecule has 0 N–H and O–H groups in total. The molecule has 0 amide bonds. The van der Waals surface area contributed by atoms with Crippen LogP contribution >= 0.6 is 0 Å². The van der Waals surface area contributed by atoms with E-state index in [1.165, 1.54) is 0 Å². The van der Waals surface area contributed by atoms with Crippen LogP contribution in [0.5, 0.6) is 0 Å². The maximum atomic E-state index is 11.2. The van der Waals surface area contributed by atoms with E-state index in [9.17, 15) is 8.78 Å². The summed E-state index contributed by atoms with van der Waals surface area (Å²) in [6, 6.07) is 0. The quantitative estimate of drug-likeness (QED) is 0.536. The van der Waals surface area contributed by atoms with Crippen LogP contribution < -0.4 is 0 Å². The Balaban J connectivity index is 3.00. The molecule has 9 heavy (non-hydrogen) atoms. The molecule has 0 aliphatic heterocycles. The predicted molar refractivity (Wildman–Crippen MR) is 31.1 cm³/mol. The number of ether oxygens (including phenoxy) is 1. The van der Waals surface area contributed by atoms with Crippen molar-refractivity contribution in [2.45, 2.75) is 6.42 Å². The maximum Gasteiger partial charge on any atom is 0.268 e. The van der Waals surface area contributed by atoms with E-state index in [1.807, 2.05) is 0 Å². The summed E-state index contributed by atoms with van der Waals surface area (Å²) in [6.07, 6.45) is -0.351. The first-order chi connectivity index (χ1) is 4.27. The topological polar surface area (TPSA) is 9.23 Å². The molecule has 0 spiro atoms. The number of hydrogen-bond acceptors (Lipinski definition) is 1. The van der Waals surface area contributed by atoms with Gasteiger partial charge in [-0.25, -0.2) is 0 Å². The summed E-state index contributed by atoms with van der Waals surface area (Å²) in [5.74, 6) is 0. The summed E-state index contributed by atoms with van der Waals surface area (Å²) < 4.78 is 27.1. The summed E-state index contributed by atoms with van der Waals surface area (Å²) in [7, 11) is 0. The molecular formula is C6H9F2O. The highest BCUT2D eigenvalue weighted by molar-refractivity contribution is 4.79. The molecule has 1 radical (unpaired) electrons. The lowest BCUT2D eigenvalue weighted by Crippen LogP contribution is -1.91. The van der Waals surface area contributed by atoms with E-state index in [2.05, 4.69) is 11.7 Å². The lowest BCUT2D eigenvalue weighted by molar-refractivity contribution is 0.164. The molecule has 0 saturated heterocycles. The summed E-state index contributed by atoms with van der Waals surface area (Å²) in [6.45, 7) is 3.89. The van der Waals surface area contributed by atoms with Crippen LogP contribution in [0.4, 0.5) is 8.78 Å². The van der Waals surface area contributed by atoms with E-state index < -0.39 is 6.08 Å². The minimum Gasteiger partial charge on any atom is -0.377 e. The molecule has 0 heterocycles. The third kappa shape index (κ3) is 7.56. The second-order valence-electron chi connectivity index (χ2n) is 1.42. The molecule has 3 heteroatoms. The minimum absolute atomic E-state index is 0.0160. The molecule has 0 aromatic heterocycles. The zero-order chi connectivity index (χ0) is 7.11. The third-order valence-corrected chi connectivity index (χ3v) is 0.644. The van der Waals surface area contributed by atoms with Crippen LogP contribution in [-0.4, -0.2) is 13.2 Å². The maximum absolute atomic E-state index is 11.2. The highest BCUT2D eigenvalue weighted by Crippen LogP contribution is 1.95. The predicted octanol–water partition coefficient (Wildman–Crippen LogP) is 2.01. The van der Waals surface area contributed by atoms with E-state index in [0.29, 0.717) is 13.0 Å². The van der Waals surface area contributed by atoms with Crippen LogP contribution in [0.15, 0.2) is 12.2 Å². The van der Waals surface area contributed by atoms with Crippen molar-refractivity contribution in [3.63, 3.8) is 0 Å². The molecule has 0 aromatic carbocycles. The van der Waals surface area contributed by atoms with Gasteiger partial charge >= 0.3 is 0 Å². The molecule has 1 nitrogen and oxygen atoms in total. The molecular weight excluding hydrogens is 126 g/mol. The average Bonchev–Trinajstić information content (AvgIpc) is 1.80. The van der Waals surface area contributed by atoms with Crippen LogP contribution in [0.2, 0.25) is 0 Å². The molecule has 0 aromatic rings. The molecule has 0 rings (SSSR count). The van der Waals surface area contributed by atoms with E-state index in [1.54, 1.807) is 0 Å². The highest BCUT2D eigenvalue weighted by Gasteiger charge is 1.85. The number of rotatable bonds is 4. The average molecular weight is 135 g/mol. The first-order valence-corrected chi connectivity index (χ1v) is 2.65. The van der Waals surface area contributed by atoms with Gasteiger partial charge in [0.05, 0.1) is 6.61 Å². The largest absolute Gasteiger partial charge is 0.377 e. The van der Waals surface area contributed by atoms with Gasteiger partial charge in [-0.3, -0.25) is 0 Å². The van der Waals surface area contributed by atoms with E-state index in [4.69, 9.17) is 0 Å². The molecule has 0 saturated carbocycles. The lowest BCUT2D eigenvalue weighted by atomic mass is 10.5. The second-order valence-corrected chi connectivity index (χ2v) is 1.42. The number of halogens is 2. The monoisotopic (exact) mass is 135 g/mol. The first-order valence-electron chi connectivity index (χ1n) is 2.65. The second kappa shape index (κ2) is 5.69. The van der Waals surface area contributed by atoms with Gasteiger partial charge in [-0.15, -0.1) is 0 Å². The van der Waals surface area contributed by atoms with Crippen LogP contribution in [0.3, 0.4) is 0 Å². The molecule has 0 aliphatic carbocycles. The molecule has 0 unspecified atom stereocenters. The molecule has 0 bridgehead atoms. The summed E-state index contributed by atoms with van der Waals surface area (Å²) in [5, 5.41) is 0. The Morgan fingerprint density at radius 2 is 2.22 bits per heavy atom. The Morgan fingerprint density at radius 3 is 2.67 bits per heavy atom. The summed E-state index contributed by atoms with van der Waals surface area (Å²) >= 11 is 0. The van der Waals surface area contributed by atoms with Gasteiger partial charge in [-0.2, -0.15) is 8.78 Å². The fourth-order valence-corrected chi connectivity index (χ4v) is 0.307. The molecule has 0 fully saturated rings. The lowest BCUT2D eigenvalue weighted by Gasteiger charge is -1.93. The third-order valence-electron chi connectivity index (χ3n) is 0.644. The normalized spacial score (nSPS) is 9.22. The van der Waals surface area contributed by atoms with E-state index in [-0.39, 0.29) is 6.61 Å². The van der Waals surface area contributed by atoms with Crippen molar-refractivity contribution in [2.75, 3.05) is 13.2 Å². The van der Waals surface area contributed by atoms with Crippen molar-refractivity contribution in [2.24, 2.45) is 0 Å². The molecule has 53 valence electrons. The Morgan fingerprint density at radius 1 is 1.56 bits per heavy atom. The van der Waals surface area contributed by atoms with Crippen molar-refractivity contribution in [3.05, 3.63) is 19.1 Å². The van der Waals surface area contributed by atoms with Gasteiger partial charge in [-0.1, -0.05) is 6.92 Å². The fourth-order valence-electron chi connectivity index (χ4n) is 0.307. The van der Waals surface area contributed by atoms with Crippen LogP contribution in [-0.2, 0) is 4.74 Å². The van der Waals surface area contributed by atoms with Crippen molar-refractivity contribution in [1.29, 1.82) is 0 Å². The van der Waals surface area contributed by atoms with Gasteiger partial charge in [0.15, 0.2) is 0 Å². The fraction of sp³-hybridized carbons (Fsp3) is 0.500. The Kier molecular flexibility index (Phi) is 5.41. The van der Waals surface area contributed by atoms with Gasteiger partial charge in [0.2, 0.25) is 0 Å².